The number of carbonyl (C=O) groups excluding carboxylic acids is 1. The largest absolute Gasteiger partial charge is 0.369 e. The van der Waals surface area contributed by atoms with Crippen molar-refractivity contribution in [3.8, 4) is 0 Å². The zero-order valence-electron chi connectivity index (χ0n) is 15.4. The summed E-state index contributed by atoms with van der Waals surface area (Å²) in [7, 11) is 0. The molecule has 0 spiro atoms. The van der Waals surface area contributed by atoms with E-state index in [-0.39, 0.29) is 5.91 Å². The third-order valence-corrected chi connectivity index (χ3v) is 4.55. The summed E-state index contributed by atoms with van der Waals surface area (Å²) >= 11 is 0. The van der Waals surface area contributed by atoms with Crippen LogP contribution in [0.25, 0.3) is 6.08 Å². The zero-order chi connectivity index (χ0) is 18.2. The van der Waals surface area contributed by atoms with Gasteiger partial charge in [-0.15, -0.1) is 0 Å². The van der Waals surface area contributed by atoms with Gasteiger partial charge in [-0.1, -0.05) is 37.6 Å². The fourth-order valence-corrected chi connectivity index (χ4v) is 3.01. The third kappa shape index (κ3) is 4.96. The van der Waals surface area contributed by atoms with Crippen molar-refractivity contribution in [3.05, 3.63) is 65.7 Å². The summed E-state index contributed by atoms with van der Waals surface area (Å²) in [4.78, 5) is 14.8. The number of hydrogen-bond donors (Lipinski definition) is 2. The predicted octanol–water partition coefficient (Wildman–Crippen LogP) is 4.16. The molecule has 1 aliphatic heterocycles. The Morgan fingerprint density at radius 3 is 2.42 bits per heavy atom. The van der Waals surface area contributed by atoms with E-state index in [1.807, 2.05) is 36.4 Å². The van der Waals surface area contributed by atoms with Crippen molar-refractivity contribution in [3.63, 3.8) is 0 Å². The maximum atomic E-state index is 12.4. The van der Waals surface area contributed by atoms with Crippen LogP contribution in [0.5, 0.6) is 0 Å². The van der Waals surface area contributed by atoms with E-state index in [1.165, 1.54) is 5.69 Å². The Balaban J connectivity index is 1.58. The molecule has 2 aromatic carbocycles. The first-order valence-electron chi connectivity index (χ1n) is 9.40. The Morgan fingerprint density at radius 1 is 1.08 bits per heavy atom. The number of anilines is 2. The van der Waals surface area contributed by atoms with Crippen LogP contribution in [0, 0.1) is 0 Å². The average Bonchev–Trinajstić information content (AvgIpc) is 2.70. The summed E-state index contributed by atoms with van der Waals surface area (Å²) in [5, 5.41) is 6.33. The van der Waals surface area contributed by atoms with E-state index >= 15 is 0 Å². The van der Waals surface area contributed by atoms with Gasteiger partial charge in [0.05, 0.1) is 0 Å². The topological polar surface area (TPSA) is 44.4 Å². The minimum atomic E-state index is -0.0796. The molecule has 4 heteroatoms. The van der Waals surface area contributed by atoms with Crippen molar-refractivity contribution in [2.75, 3.05) is 36.4 Å². The molecule has 3 rings (SSSR count). The molecule has 0 aromatic heterocycles. The maximum absolute atomic E-state index is 12.4. The maximum Gasteiger partial charge on any atom is 0.255 e. The lowest BCUT2D eigenvalue weighted by atomic mass is 10.1. The summed E-state index contributed by atoms with van der Waals surface area (Å²) in [5.74, 6) is -0.0796. The van der Waals surface area contributed by atoms with E-state index in [0.29, 0.717) is 5.56 Å². The second-order valence-corrected chi connectivity index (χ2v) is 6.55. The first kappa shape index (κ1) is 18.2. The van der Waals surface area contributed by atoms with Crippen molar-refractivity contribution in [2.24, 2.45) is 0 Å². The summed E-state index contributed by atoms with van der Waals surface area (Å²) in [5.41, 5.74) is 3.81. The van der Waals surface area contributed by atoms with Crippen molar-refractivity contribution in [2.45, 2.75) is 19.8 Å². The molecule has 0 unspecified atom stereocenters. The van der Waals surface area contributed by atoms with Crippen molar-refractivity contribution in [1.29, 1.82) is 0 Å². The first-order valence-corrected chi connectivity index (χ1v) is 9.40. The Hall–Kier alpha value is -2.59. The fraction of sp³-hybridized carbons (Fsp3) is 0.318. The molecule has 26 heavy (non-hydrogen) atoms. The van der Waals surface area contributed by atoms with Crippen LogP contribution in [0.3, 0.4) is 0 Å². The van der Waals surface area contributed by atoms with Gasteiger partial charge in [0.25, 0.3) is 5.91 Å². The number of hydrogen-bond acceptors (Lipinski definition) is 3. The highest BCUT2D eigenvalue weighted by Crippen LogP contribution is 2.19. The third-order valence-electron chi connectivity index (χ3n) is 4.55. The smallest absolute Gasteiger partial charge is 0.255 e. The molecule has 2 aromatic rings. The van der Waals surface area contributed by atoms with Crippen LogP contribution in [0.15, 0.2) is 54.6 Å². The highest BCUT2D eigenvalue weighted by Gasteiger charge is 2.11. The minimum Gasteiger partial charge on any atom is -0.369 e. The molecule has 4 nitrogen and oxygen atoms in total. The van der Waals surface area contributed by atoms with Gasteiger partial charge < -0.3 is 15.5 Å². The molecule has 0 bridgehead atoms. The first-order chi connectivity index (χ1) is 12.8. The Bertz CT molecular complexity index is 729. The van der Waals surface area contributed by atoms with E-state index in [4.69, 9.17) is 0 Å². The Kier molecular flexibility index (Phi) is 6.45. The van der Waals surface area contributed by atoms with Crippen LogP contribution in [0.1, 0.15) is 35.7 Å². The van der Waals surface area contributed by atoms with E-state index in [9.17, 15) is 4.79 Å². The summed E-state index contributed by atoms with van der Waals surface area (Å²) in [6.07, 6.45) is 6.48. The van der Waals surface area contributed by atoms with Crippen molar-refractivity contribution in [1.82, 2.24) is 5.32 Å². The van der Waals surface area contributed by atoms with Crippen LogP contribution >= 0.6 is 0 Å². The predicted molar refractivity (Wildman–Crippen MR) is 110 cm³/mol. The van der Waals surface area contributed by atoms with Gasteiger partial charge in [0.2, 0.25) is 0 Å². The van der Waals surface area contributed by atoms with Gasteiger partial charge >= 0.3 is 0 Å². The number of nitrogens with zero attached hydrogens (tertiary/aromatic N) is 1. The second kappa shape index (κ2) is 9.20. The summed E-state index contributed by atoms with van der Waals surface area (Å²) < 4.78 is 0. The number of nitrogens with one attached hydrogen (secondary N) is 2. The van der Waals surface area contributed by atoms with Gasteiger partial charge in [0.1, 0.15) is 0 Å². The Labute approximate surface area is 155 Å². The Morgan fingerprint density at radius 2 is 1.77 bits per heavy atom. The normalized spacial score (nSPS) is 14.6. The highest BCUT2D eigenvalue weighted by atomic mass is 16.1. The van der Waals surface area contributed by atoms with Gasteiger partial charge in [0, 0.05) is 43.1 Å². The molecule has 1 amide bonds. The molecule has 0 atom stereocenters. The fourth-order valence-electron chi connectivity index (χ4n) is 3.01. The molecule has 1 heterocycles. The number of allylic oxidation sites excluding steroid dienone is 1. The van der Waals surface area contributed by atoms with Crippen LogP contribution in [-0.2, 0) is 0 Å². The summed E-state index contributed by atoms with van der Waals surface area (Å²) in [6, 6.07) is 15.8. The molecular weight excluding hydrogens is 322 g/mol. The average molecular weight is 349 g/mol. The molecule has 1 fully saturated rings. The van der Waals surface area contributed by atoms with Gasteiger partial charge in [-0.2, -0.15) is 0 Å². The number of amides is 1. The lowest BCUT2D eigenvalue weighted by Gasteiger charge is -2.29. The van der Waals surface area contributed by atoms with Gasteiger partial charge in [-0.25, -0.2) is 0 Å². The number of piperazine rings is 1. The van der Waals surface area contributed by atoms with Crippen molar-refractivity contribution >= 4 is 23.4 Å². The van der Waals surface area contributed by atoms with Crippen LogP contribution < -0.4 is 15.5 Å². The number of rotatable bonds is 6. The van der Waals surface area contributed by atoms with Crippen LogP contribution in [0.2, 0.25) is 0 Å². The SMILES string of the molecule is CCCC=Cc1ccc(C(=O)Nc2ccc(N3CCNCC3)cc2)cc1. The quantitative estimate of drug-likeness (QED) is 0.823. The lowest BCUT2D eigenvalue weighted by Crippen LogP contribution is -2.43. The number of carbonyl (C=O) groups is 1. The minimum absolute atomic E-state index is 0.0796. The second-order valence-electron chi connectivity index (χ2n) is 6.55. The molecule has 0 radical (unpaired) electrons. The number of unbranched alkanes of at least 4 members (excludes halogenated alkanes) is 1. The van der Waals surface area contributed by atoms with E-state index in [2.05, 4.69) is 46.7 Å². The van der Waals surface area contributed by atoms with Crippen LogP contribution in [-0.4, -0.2) is 32.1 Å². The van der Waals surface area contributed by atoms with Gasteiger partial charge in [-0.05, 0) is 48.4 Å². The molecule has 1 aliphatic rings. The van der Waals surface area contributed by atoms with Crippen molar-refractivity contribution < 1.29 is 4.79 Å². The summed E-state index contributed by atoms with van der Waals surface area (Å²) in [6.45, 7) is 6.23. The van der Waals surface area contributed by atoms with Gasteiger partial charge in [0.15, 0.2) is 0 Å². The standard InChI is InChI=1S/C22H27N3O/c1-2-3-4-5-18-6-8-19(9-7-18)22(26)24-20-10-12-21(13-11-20)25-16-14-23-15-17-25/h4-13,23H,2-3,14-17H2,1H3,(H,24,26). The molecule has 0 saturated carbocycles. The zero-order valence-corrected chi connectivity index (χ0v) is 15.4. The van der Waals surface area contributed by atoms with Crippen LogP contribution in [0.4, 0.5) is 11.4 Å². The molecule has 0 aliphatic carbocycles. The van der Waals surface area contributed by atoms with E-state index in [1.54, 1.807) is 0 Å². The monoisotopic (exact) mass is 349 g/mol. The molecule has 136 valence electrons. The molecular formula is C22H27N3O. The van der Waals surface area contributed by atoms with Gasteiger partial charge in [-0.3, -0.25) is 4.79 Å². The van der Waals surface area contributed by atoms with E-state index in [0.717, 1.165) is 50.3 Å². The highest BCUT2D eigenvalue weighted by molar-refractivity contribution is 6.04. The number of benzene rings is 2. The molecule has 1 saturated heterocycles. The van der Waals surface area contributed by atoms with E-state index < -0.39 is 0 Å². The lowest BCUT2D eigenvalue weighted by molar-refractivity contribution is 0.102. The molecule has 2 N–H and O–H groups in total.